The average molecular weight is 616 g/mol. The van der Waals surface area contributed by atoms with Crippen LogP contribution >= 0.6 is 0 Å². The second kappa shape index (κ2) is 12.3. The number of aromatic nitrogens is 3. The third kappa shape index (κ3) is 6.89. The monoisotopic (exact) mass is 615 g/mol. The van der Waals surface area contributed by atoms with E-state index in [2.05, 4.69) is 9.97 Å². The SMILES string of the molecule is CCS(=O)(=O)CCN(C(=O)Cc1ccc(C(F)(F)F)c(F)c1)[C@H](C)c1nc2ncccc2c(=O)n1-c1ccc(C#N)cc1. The van der Waals surface area contributed by atoms with Crippen LogP contribution in [0.2, 0.25) is 0 Å². The summed E-state index contributed by atoms with van der Waals surface area (Å²) in [5.74, 6) is -2.93. The second-order valence-electron chi connectivity index (χ2n) is 9.63. The fourth-order valence-electron chi connectivity index (χ4n) is 4.48. The maximum atomic E-state index is 14.3. The summed E-state index contributed by atoms with van der Waals surface area (Å²) in [6.07, 6.45) is -4.06. The quantitative estimate of drug-likeness (QED) is 0.256. The van der Waals surface area contributed by atoms with E-state index < -0.39 is 57.1 Å². The number of carbonyl (C=O) groups excluding carboxylic acids is 1. The first-order chi connectivity index (χ1) is 20.3. The molecule has 0 fully saturated rings. The van der Waals surface area contributed by atoms with Gasteiger partial charge in [0, 0.05) is 18.5 Å². The van der Waals surface area contributed by atoms with Crippen LogP contribution in [0.4, 0.5) is 17.6 Å². The molecule has 0 aliphatic carbocycles. The number of halogens is 4. The summed E-state index contributed by atoms with van der Waals surface area (Å²) >= 11 is 0. The Morgan fingerprint density at radius 2 is 1.84 bits per heavy atom. The van der Waals surface area contributed by atoms with Crippen molar-refractivity contribution in [2.75, 3.05) is 18.1 Å². The Kier molecular flexibility index (Phi) is 8.96. The molecule has 2 aromatic carbocycles. The van der Waals surface area contributed by atoms with Crippen LogP contribution < -0.4 is 5.56 Å². The maximum Gasteiger partial charge on any atom is 0.419 e. The Bertz CT molecular complexity index is 1880. The highest BCUT2D eigenvalue weighted by Gasteiger charge is 2.34. The van der Waals surface area contributed by atoms with Crippen molar-refractivity contribution in [1.82, 2.24) is 19.4 Å². The average Bonchev–Trinajstić information content (AvgIpc) is 2.96. The van der Waals surface area contributed by atoms with Crippen molar-refractivity contribution in [3.8, 4) is 11.8 Å². The van der Waals surface area contributed by atoms with Crippen molar-refractivity contribution in [3.63, 3.8) is 0 Å². The number of carbonyl (C=O) groups is 1. The summed E-state index contributed by atoms with van der Waals surface area (Å²) in [5.41, 5.74) is -1.39. The van der Waals surface area contributed by atoms with Crippen LogP contribution in [0.1, 0.15) is 42.4 Å². The van der Waals surface area contributed by atoms with Gasteiger partial charge in [-0.05, 0) is 61.0 Å². The van der Waals surface area contributed by atoms with Crippen molar-refractivity contribution in [2.24, 2.45) is 0 Å². The molecule has 0 bridgehead atoms. The molecule has 224 valence electrons. The summed E-state index contributed by atoms with van der Waals surface area (Å²) in [6, 6.07) is 12.1. The van der Waals surface area contributed by atoms with E-state index in [1.165, 1.54) is 54.9 Å². The Balaban J connectivity index is 1.82. The first-order valence-electron chi connectivity index (χ1n) is 13.0. The first kappa shape index (κ1) is 31.3. The van der Waals surface area contributed by atoms with Crippen molar-refractivity contribution in [3.05, 3.63) is 99.5 Å². The Morgan fingerprint density at radius 3 is 2.44 bits per heavy atom. The number of nitriles is 1. The molecule has 14 heteroatoms. The zero-order chi connectivity index (χ0) is 31.5. The summed E-state index contributed by atoms with van der Waals surface area (Å²) in [7, 11) is -3.59. The molecule has 0 radical (unpaired) electrons. The molecule has 1 atom stereocenters. The molecule has 43 heavy (non-hydrogen) atoms. The van der Waals surface area contributed by atoms with E-state index in [0.717, 1.165) is 11.0 Å². The van der Waals surface area contributed by atoms with Crippen molar-refractivity contribution in [2.45, 2.75) is 32.5 Å². The van der Waals surface area contributed by atoms with Crippen molar-refractivity contribution < 1.29 is 30.8 Å². The normalized spacial score (nSPS) is 12.6. The molecule has 9 nitrogen and oxygen atoms in total. The predicted octanol–water partition coefficient (Wildman–Crippen LogP) is 4.38. The van der Waals surface area contributed by atoms with Crippen molar-refractivity contribution in [1.29, 1.82) is 5.26 Å². The lowest BCUT2D eigenvalue weighted by Gasteiger charge is -2.30. The van der Waals surface area contributed by atoms with Crippen molar-refractivity contribution >= 4 is 26.8 Å². The number of rotatable bonds is 9. The molecule has 4 aromatic rings. The zero-order valence-electron chi connectivity index (χ0n) is 23.0. The molecule has 0 aliphatic rings. The summed E-state index contributed by atoms with van der Waals surface area (Å²) in [5, 5.41) is 9.36. The van der Waals surface area contributed by atoms with E-state index in [4.69, 9.17) is 0 Å². The first-order valence-corrected chi connectivity index (χ1v) is 14.8. The molecule has 0 N–H and O–H groups in total. The number of hydrogen-bond acceptors (Lipinski definition) is 7. The van der Waals surface area contributed by atoms with Crippen LogP contribution in [0.25, 0.3) is 16.7 Å². The van der Waals surface area contributed by atoms with Gasteiger partial charge in [0.15, 0.2) is 15.5 Å². The largest absolute Gasteiger partial charge is 0.419 e. The molecule has 4 rings (SSSR count). The molecular formula is C29H25F4N5O4S. The van der Waals surface area contributed by atoms with E-state index in [1.807, 2.05) is 6.07 Å². The minimum Gasteiger partial charge on any atom is -0.331 e. The highest BCUT2D eigenvalue weighted by Crippen LogP contribution is 2.32. The summed E-state index contributed by atoms with van der Waals surface area (Å²) < 4.78 is 79.4. The Hall–Kier alpha value is -4.64. The number of benzene rings is 2. The van der Waals surface area contributed by atoms with Crippen LogP contribution in [0.3, 0.4) is 0 Å². The maximum absolute atomic E-state index is 14.3. The van der Waals surface area contributed by atoms with Crippen LogP contribution in [-0.4, -0.2) is 51.8 Å². The van der Waals surface area contributed by atoms with Gasteiger partial charge in [-0.1, -0.05) is 13.0 Å². The van der Waals surface area contributed by atoms with Gasteiger partial charge >= 0.3 is 6.18 Å². The predicted molar refractivity (Wildman–Crippen MR) is 149 cm³/mol. The number of amides is 1. The zero-order valence-corrected chi connectivity index (χ0v) is 23.8. The van der Waals surface area contributed by atoms with E-state index in [9.17, 15) is 40.8 Å². The number of sulfone groups is 1. The highest BCUT2D eigenvalue weighted by atomic mass is 32.2. The summed E-state index contributed by atoms with van der Waals surface area (Å²) in [4.78, 5) is 37.2. The summed E-state index contributed by atoms with van der Waals surface area (Å²) in [6.45, 7) is 2.61. The molecule has 0 aliphatic heterocycles. The molecule has 0 saturated carbocycles. The molecule has 2 heterocycles. The molecular weight excluding hydrogens is 590 g/mol. The molecule has 0 unspecified atom stereocenters. The molecule has 1 amide bonds. The Labute approximate surface area is 244 Å². The number of pyridine rings is 1. The van der Waals surface area contributed by atoms with Crippen LogP contribution in [0, 0.1) is 17.1 Å². The number of fused-ring (bicyclic) bond motifs is 1. The third-order valence-corrected chi connectivity index (χ3v) is 8.55. The fourth-order valence-corrected chi connectivity index (χ4v) is 5.24. The third-order valence-electron chi connectivity index (χ3n) is 6.86. The molecule has 0 spiro atoms. The number of hydrogen-bond donors (Lipinski definition) is 0. The van der Waals surface area contributed by atoms with E-state index >= 15 is 0 Å². The van der Waals surface area contributed by atoms with Gasteiger partial charge in [0.2, 0.25) is 5.91 Å². The van der Waals surface area contributed by atoms with Crippen LogP contribution in [0.5, 0.6) is 0 Å². The molecule has 2 aromatic heterocycles. The number of alkyl halides is 3. The van der Waals surface area contributed by atoms with Gasteiger partial charge in [-0.2, -0.15) is 18.4 Å². The van der Waals surface area contributed by atoms with Gasteiger partial charge in [0.25, 0.3) is 5.56 Å². The smallest absolute Gasteiger partial charge is 0.331 e. The van der Waals surface area contributed by atoms with Gasteiger partial charge in [-0.15, -0.1) is 0 Å². The van der Waals surface area contributed by atoms with Gasteiger partial charge < -0.3 is 4.90 Å². The topological polar surface area (TPSA) is 126 Å². The van der Waals surface area contributed by atoms with Gasteiger partial charge in [-0.25, -0.2) is 22.8 Å². The van der Waals surface area contributed by atoms with E-state index in [-0.39, 0.29) is 34.7 Å². The fraction of sp³-hybridized carbons (Fsp3) is 0.276. The number of nitrogens with zero attached hydrogens (tertiary/aromatic N) is 5. The highest BCUT2D eigenvalue weighted by molar-refractivity contribution is 7.91. The van der Waals surface area contributed by atoms with Gasteiger partial charge in [0.05, 0.1) is 46.5 Å². The lowest BCUT2D eigenvalue weighted by molar-refractivity contribution is -0.140. The second-order valence-corrected chi connectivity index (χ2v) is 12.1. The standard InChI is InChI=1S/C29H25F4N5O4S/c1-3-43(41,42)14-13-37(25(39)16-20-8-11-23(24(30)15-20)29(31,32)33)18(2)27-36-26-22(5-4-12-35-26)28(40)38(27)21-9-6-19(17-34)7-10-21/h4-12,15,18H,3,13-14,16H2,1-2H3/t18-/m1/s1. The minimum absolute atomic E-state index is 0.0155. The Morgan fingerprint density at radius 1 is 1.14 bits per heavy atom. The van der Waals surface area contributed by atoms with Crippen LogP contribution in [-0.2, 0) is 27.2 Å². The van der Waals surface area contributed by atoms with E-state index in [1.54, 1.807) is 6.07 Å². The van der Waals surface area contributed by atoms with Gasteiger partial charge in [0.1, 0.15) is 11.6 Å². The lowest BCUT2D eigenvalue weighted by atomic mass is 10.1. The minimum atomic E-state index is -4.92. The lowest BCUT2D eigenvalue weighted by Crippen LogP contribution is -2.41. The van der Waals surface area contributed by atoms with Crippen LogP contribution in [0.15, 0.2) is 65.6 Å². The van der Waals surface area contributed by atoms with Gasteiger partial charge in [-0.3, -0.25) is 14.2 Å². The van der Waals surface area contributed by atoms with E-state index in [0.29, 0.717) is 23.4 Å². The molecule has 0 saturated heterocycles.